The van der Waals surface area contributed by atoms with E-state index in [0.29, 0.717) is 5.56 Å². The summed E-state index contributed by atoms with van der Waals surface area (Å²) in [6, 6.07) is 12.5. The molecule has 116 valence electrons. The first-order chi connectivity index (χ1) is 10.4. The summed E-state index contributed by atoms with van der Waals surface area (Å²) in [6.45, 7) is 0. The van der Waals surface area contributed by atoms with Gasteiger partial charge in [0.1, 0.15) is 11.4 Å². The normalized spacial score (nSPS) is 11.9. The molecule has 2 aromatic rings. The second-order valence-electron chi connectivity index (χ2n) is 4.88. The molecule has 3 N–H and O–H groups in total. The lowest BCUT2D eigenvalue weighted by atomic mass is 10.1. The van der Waals surface area contributed by atoms with E-state index in [-0.39, 0.29) is 11.3 Å². The number of aromatic hydroxyl groups is 1. The number of rotatable bonds is 5. The van der Waals surface area contributed by atoms with Gasteiger partial charge in [0.15, 0.2) is 0 Å². The van der Waals surface area contributed by atoms with Crippen LogP contribution in [0.15, 0.2) is 42.5 Å². The molecule has 0 bridgehead atoms. The van der Waals surface area contributed by atoms with Gasteiger partial charge in [-0.15, -0.1) is 0 Å². The van der Waals surface area contributed by atoms with Crippen LogP contribution in [0.1, 0.15) is 16.7 Å². The van der Waals surface area contributed by atoms with Gasteiger partial charge in [0.05, 0.1) is 22.9 Å². The van der Waals surface area contributed by atoms with Gasteiger partial charge >= 0.3 is 0 Å². The van der Waals surface area contributed by atoms with Gasteiger partial charge in [-0.1, -0.05) is 18.2 Å². The first-order valence-electron chi connectivity index (χ1n) is 6.70. The Bertz CT molecular complexity index is 780. The van der Waals surface area contributed by atoms with Crippen LogP contribution in [-0.2, 0) is 15.9 Å². The summed E-state index contributed by atoms with van der Waals surface area (Å²) in [5, 5.41) is 11.6. The quantitative estimate of drug-likeness (QED) is 0.495. The van der Waals surface area contributed by atoms with E-state index < -0.39 is 15.9 Å². The number of benzene rings is 2. The summed E-state index contributed by atoms with van der Waals surface area (Å²) in [7, 11) is -2.46. The number of phenols is 1. The number of hydrogen-bond acceptors (Lipinski definition) is 4. The molecule has 0 atom stereocenters. The topological polar surface area (TPSA) is 94.0 Å². The molecule has 22 heavy (non-hydrogen) atoms. The van der Waals surface area contributed by atoms with E-state index in [4.69, 9.17) is 0 Å². The van der Waals surface area contributed by atoms with Gasteiger partial charge in [-0.25, -0.2) is 8.42 Å². The zero-order chi connectivity index (χ0) is 16.2. The lowest BCUT2D eigenvalue weighted by Gasteiger charge is -2.09. The van der Waals surface area contributed by atoms with E-state index in [1.54, 1.807) is 12.1 Å². The second-order valence-corrected chi connectivity index (χ2v) is 6.28. The molecule has 0 spiro atoms. The van der Waals surface area contributed by atoms with Crippen molar-refractivity contribution in [2.45, 2.75) is 5.75 Å². The molecule has 5 nitrogen and oxygen atoms in total. The fourth-order valence-electron chi connectivity index (χ4n) is 2.01. The lowest BCUT2D eigenvalue weighted by molar-refractivity contribution is -0.539. The molecule has 0 aliphatic heterocycles. The van der Waals surface area contributed by atoms with Gasteiger partial charge in [-0.3, -0.25) is 0 Å². The van der Waals surface area contributed by atoms with E-state index >= 15 is 0 Å². The molecule has 0 saturated carbocycles. The first kappa shape index (κ1) is 16.2. The van der Waals surface area contributed by atoms with Crippen molar-refractivity contribution in [3.63, 3.8) is 0 Å². The van der Waals surface area contributed by atoms with Crippen molar-refractivity contribution in [1.82, 2.24) is 0 Å². The summed E-state index contributed by atoms with van der Waals surface area (Å²) >= 11 is 0. The van der Waals surface area contributed by atoms with Crippen LogP contribution in [-0.4, -0.2) is 25.1 Å². The van der Waals surface area contributed by atoms with Crippen molar-refractivity contribution in [3.05, 3.63) is 59.2 Å². The van der Waals surface area contributed by atoms with E-state index in [1.807, 2.05) is 42.7 Å². The fraction of sp³-hybridized carbons (Fsp3) is 0.125. The van der Waals surface area contributed by atoms with Crippen LogP contribution in [0.5, 0.6) is 5.75 Å². The predicted molar refractivity (Wildman–Crippen MR) is 84.4 cm³/mol. The zero-order valence-electron chi connectivity index (χ0n) is 12.1. The number of quaternary nitrogens is 1. The molecule has 0 aliphatic carbocycles. The average molecular weight is 319 g/mol. The Labute approximate surface area is 129 Å². The highest BCUT2D eigenvalue weighted by Crippen LogP contribution is 2.22. The summed E-state index contributed by atoms with van der Waals surface area (Å²) in [6.07, 6.45) is 3.67. The van der Waals surface area contributed by atoms with Crippen molar-refractivity contribution < 1.29 is 23.4 Å². The minimum atomic E-state index is -4.43. The number of phenolic OH excluding ortho intramolecular Hbond substituents is 1. The number of hydrogen-bond donors (Lipinski definition) is 2. The molecule has 2 rings (SSSR count). The van der Waals surface area contributed by atoms with Crippen molar-refractivity contribution >= 4 is 28.0 Å². The second kappa shape index (κ2) is 6.74. The van der Waals surface area contributed by atoms with Crippen molar-refractivity contribution in [1.29, 1.82) is 0 Å². The number of nitrogens with two attached hydrogens (primary N) is 1. The third-order valence-corrected chi connectivity index (χ3v) is 3.84. The maximum atomic E-state index is 10.8. The lowest BCUT2D eigenvalue weighted by Crippen LogP contribution is -2.72. The molecule has 0 radical (unpaired) electrons. The Morgan fingerprint density at radius 2 is 1.68 bits per heavy atom. The SMILES string of the molecule is C[NH2+]c1ccc(/C=C/c2ccc(O)c(CS(=O)(=O)[O-])c2)cc1. The van der Waals surface area contributed by atoms with Crippen LogP contribution in [0, 0.1) is 0 Å². The van der Waals surface area contributed by atoms with Crippen LogP contribution in [0.2, 0.25) is 0 Å². The van der Waals surface area contributed by atoms with E-state index in [0.717, 1.165) is 11.3 Å². The molecule has 0 aromatic heterocycles. The summed E-state index contributed by atoms with van der Waals surface area (Å²) in [4.78, 5) is 0. The van der Waals surface area contributed by atoms with Crippen LogP contribution in [0.4, 0.5) is 5.69 Å². The molecule has 0 saturated heterocycles. The van der Waals surface area contributed by atoms with Gasteiger partial charge in [0, 0.05) is 5.56 Å². The minimum Gasteiger partial charge on any atom is -0.748 e. The fourth-order valence-corrected chi connectivity index (χ4v) is 2.62. The summed E-state index contributed by atoms with van der Waals surface area (Å²) in [5.41, 5.74) is 2.94. The smallest absolute Gasteiger partial charge is 0.129 e. The zero-order valence-corrected chi connectivity index (χ0v) is 12.9. The van der Waals surface area contributed by atoms with Gasteiger partial charge in [0.2, 0.25) is 0 Å². The predicted octanol–water partition coefficient (Wildman–Crippen LogP) is 1.43. The monoisotopic (exact) mass is 319 g/mol. The van der Waals surface area contributed by atoms with Crippen molar-refractivity contribution in [2.75, 3.05) is 7.05 Å². The molecule has 0 aliphatic rings. The average Bonchev–Trinajstić information content (AvgIpc) is 2.47. The standard InChI is InChI=1S/C16H17NO4S/c1-17-15-7-4-12(5-8-15)2-3-13-6-9-16(18)14(10-13)11-22(19,20)21/h2-10,17-18H,11H2,1H3,(H,19,20,21)/b3-2+. The first-order valence-corrected chi connectivity index (χ1v) is 8.28. The van der Waals surface area contributed by atoms with Gasteiger partial charge in [0.25, 0.3) is 0 Å². The molecule has 0 heterocycles. The Hall–Kier alpha value is -2.15. The molecule has 0 fully saturated rings. The molecule has 0 unspecified atom stereocenters. The van der Waals surface area contributed by atoms with Crippen molar-refractivity contribution in [2.24, 2.45) is 0 Å². The van der Waals surface area contributed by atoms with Gasteiger partial charge in [-0.05, 0) is 47.5 Å². The molecule has 2 aromatic carbocycles. The third-order valence-electron chi connectivity index (χ3n) is 3.17. The Morgan fingerprint density at radius 3 is 2.27 bits per heavy atom. The van der Waals surface area contributed by atoms with E-state index in [9.17, 15) is 18.1 Å². The van der Waals surface area contributed by atoms with Gasteiger partial charge < -0.3 is 15.0 Å². The van der Waals surface area contributed by atoms with E-state index in [1.165, 1.54) is 12.1 Å². The highest BCUT2D eigenvalue weighted by atomic mass is 32.2. The van der Waals surface area contributed by atoms with E-state index in [2.05, 4.69) is 0 Å². The summed E-state index contributed by atoms with van der Waals surface area (Å²) in [5.74, 6) is -0.916. The Balaban J connectivity index is 2.21. The molecule has 0 amide bonds. The van der Waals surface area contributed by atoms with Gasteiger partial charge in [-0.2, -0.15) is 0 Å². The molecular weight excluding hydrogens is 302 g/mol. The Morgan fingerprint density at radius 1 is 1.09 bits per heavy atom. The Kier molecular flexibility index (Phi) is 4.97. The summed E-state index contributed by atoms with van der Waals surface area (Å²) < 4.78 is 32.4. The van der Waals surface area contributed by atoms with Crippen LogP contribution in [0.3, 0.4) is 0 Å². The maximum Gasteiger partial charge on any atom is 0.129 e. The van der Waals surface area contributed by atoms with Crippen LogP contribution in [0.25, 0.3) is 12.2 Å². The molecular formula is C16H17NO4S. The molecule has 6 heteroatoms. The largest absolute Gasteiger partial charge is 0.748 e. The highest BCUT2D eigenvalue weighted by molar-refractivity contribution is 7.84. The van der Waals surface area contributed by atoms with Crippen molar-refractivity contribution in [3.8, 4) is 5.75 Å². The highest BCUT2D eigenvalue weighted by Gasteiger charge is 2.05. The minimum absolute atomic E-state index is 0.105. The van der Waals surface area contributed by atoms with Crippen LogP contribution < -0.4 is 5.32 Å². The third kappa shape index (κ3) is 4.70. The maximum absolute atomic E-state index is 10.8. The van der Waals surface area contributed by atoms with Crippen LogP contribution >= 0.6 is 0 Å².